The molecule has 0 saturated carbocycles. The molecule has 0 aromatic carbocycles. The molecule has 0 N–H and O–H groups in total. The summed E-state index contributed by atoms with van der Waals surface area (Å²) in [6.45, 7) is 1.56. The fourth-order valence-corrected chi connectivity index (χ4v) is 1.62. The second-order valence-electron chi connectivity index (χ2n) is 2.20. The summed E-state index contributed by atoms with van der Waals surface area (Å²) < 4.78 is 0. The number of ketones is 2. The first-order chi connectivity index (χ1) is 5.16. The molecule has 0 aromatic rings. The van der Waals surface area contributed by atoms with E-state index in [0.717, 1.165) is 5.75 Å². The van der Waals surface area contributed by atoms with E-state index in [0.29, 0.717) is 17.9 Å². The molecule has 0 radical (unpaired) electrons. The SMILES string of the molecule is CC(=O)CCSCC(=O)CS. The van der Waals surface area contributed by atoms with Crippen LogP contribution in [-0.4, -0.2) is 28.8 Å². The number of hydrogen-bond donors (Lipinski definition) is 1. The molecule has 0 rings (SSSR count). The monoisotopic (exact) mass is 192 g/mol. The van der Waals surface area contributed by atoms with E-state index in [2.05, 4.69) is 12.6 Å². The molecule has 0 aliphatic carbocycles. The van der Waals surface area contributed by atoms with Gasteiger partial charge in [0, 0.05) is 12.2 Å². The van der Waals surface area contributed by atoms with Crippen molar-refractivity contribution in [1.29, 1.82) is 0 Å². The maximum Gasteiger partial charge on any atom is 0.152 e. The summed E-state index contributed by atoms with van der Waals surface area (Å²) in [5.41, 5.74) is 0. The van der Waals surface area contributed by atoms with Gasteiger partial charge >= 0.3 is 0 Å². The molecule has 4 heteroatoms. The standard InChI is InChI=1S/C7H12O2S2/c1-6(8)2-3-11-5-7(9)4-10/h10H,2-5H2,1H3. The third-order valence-electron chi connectivity index (χ3n) is 1.04. The lowest BCUT2D eigenvalue weighted by molar-refractivity contribution is -0.117. The van der Waals surface area contributed by atoms with E-state index in [-0.39, 0.29) is 11.6 Å². The number of carbonyl (C=O) groups excluding carboxylic acids is 2. The van der Waals surface area contributed by atoms with Gasteiger partial charge in [-0.3, -0.25) is 9.59 Å². The van der Waals surface area contributed by atoms with Gasteiger partial charge < -0.3 is 0 Å². The number of rotatable bonds is 6. The van der Waals surface area contributed by atoms with Gasteiger partial charge in [0.15, 0.2) is 5.78 Å². The van der Waals surface area contributed by atoms with Gasteiger partial charge in [0.05, 0.1) is 11.5 Å². The fraction of sp³-hybridized carbons (Fsp3) is 0.714. The van der Waals surface area contributed by atoms with Crippen molar-refractivity contribution in [2.45, 2.75) is 13.3 Å². The predicted octanol–water partition coefficient (Wildman–Crippen LogP) is 1.20. The highest BCUT2D eigenvalue weighted by Crippen LogP contribution is 2.03. The van der Waals surface area contributed by atoms with E-state index in [1.165, 1.54) is 11.8 Å². The Kier molecular flexibility index (Phi) is 6.76. The summed E-state index contributed by atoms with van der Waals surface area (Å²) >= 11 is 5.32. The summed E-state index contributed by atoms with van der Waals surface area (Å²) in [6, 6.07) is 0. The van der Waals surface area contributed by atoms with Crippen molar-refractivity contribution in [3.63, 3.8) is 0 Å². The second kappa shape index (κ2) is 6.73. The van der Waals surface area contributed by atoms with Crippen molar-refractivity contribution in [3.8, 4) is 0 Å². The molecular weight excluding hydrogens is 180 g/mol. The Balaban J connectivity index is 3.14. The second-order valence-corrected chi connectivity index (χ2v) is 3.62. The summed E-state index contributed by atoms with van der Waals surface area (Å²) in [5, 5.41) is 0. The number of thiol groups is 1. The van der Waals surface area contributed by atoms with Crippen molar-refractivity contribution in [3.05, 3.63) is 0 Å². The molecule has 0 spiro atoms. The molecule has 0 aliphatic rings. The van der Waals surface area contributed by atoms with E-state index in [4.69, 9.17) is 0 Å². The largest absolute Gasteiger partial charge is 0.300 e. The lowest BCUT2D eigenvalue weighted by Gasteiger charge is -1.95. The Bertz CT molecular complexity index is 145. The minimum Gasteiger partial charge on any atom is -0.300 e. The number of hydrogen-bond acceptors (Lipinski definition) is 4. The molecule has 0 aromatic heterocycles. The summed E-state index contributed by atoms with van der Waals surface area (Å²) in [5.74, 6) is 1.83. The lowest BCUT2D eigenvalue weighted by Crippen LogP contribution is -2.03. The van der Waals surface area contributed by atoms with Gasteiger partial charge in [0.25, 0.3) is 0 Å². The van der Waals surface area contributed by atoms with Gasteiger partial charge in [0.2, 0.25) is 0 Å². The Morgan fingerprint density at radius 2 is 2.09 bits per heavy atom. The normalized spacial score (nSPS) is 9.64. The van der Waals surface area contributed by atoms with Crippen molar-refractivity contribution < 1.29 is 9.59 Å². The molecule has 64 valence electrons. The van der Waals surface area contributed by atoms with Crippen LogP contribution in [0.3, 0.4) is 0 Å². The molecule has 0 atom stereocenters. The van der Waals surface area contributed by atoms with Gasteiger partial charge in [-0.2, -0.15) is 24.4 Å². The van der Waals surface area contributed by atoms with Crippen molar-refractivity contribution in [1.82, 2.24) is 0 Å². The Morgan fingerprint density at radius 1 is 1.45 bits per heavy atom. The highest BCUT2D eigenvalue weighted by molar-refractivity contribution is 8.00. The summed E-state index contributed by atoms with van der Waals surface area (Å²) in [4.78, 5) is 21.1. The highest BCUT2D eigenvalue weighted by atomic mass is 32.2. The Hall–Kier alpha value is 0.0400. The highest BCUT2D eigenvalue weighted by Gasteiger charge is 1.99. The first-order valence-corrected chi connectivity index (χ1v) is 5.15. The maximum atomic E-state index is 10.7. The van der Waals surface area contributed by atoms with Crippen LogP contribution in [0.15, 0.2) is 0 Å². The van der Waals surface area contributed by atoms with Crippen LogP contribution in [0.4, 0.5) is 0 Å². The Morgan fingerprint density at radius 3 is 2.55 bits per heavy atom. The third kappa shape index (κ3) is 7.94. The van der Waals surface area contributed by atoms with Gasteiger partial charge in [-0.1, -0.05) is 0 Å². The minimum atomic E-state index is 0.127. The number of carbonyl (C=O) groups is 2. The van der Waals surface area contributed by atoms with E-state index in [1.807, 2.05) is 0 Å². The minimum absolute atomic E-state index is 0.127. The average molecular weight is 192 g/mol. The quantitative estimate of drug-likeness (QED) is 0.507. The van der Waals surface area contributed by atoms with Gasteiger partial charge in [0.1, 0.15) is 5.78 Å². The van der Waals surface area contributed by atoms with Crippen molar-refractivity contribution >= 4 is 36.0 Å². The van der Waals surface area contributed by atoms with Gasteiger partial charge in [-0.15, -0.1) is 0 Å². The van der Waals surface area contributed by atoms with Gasteiger partial charge in [-0.05, 0) is 6.92 Å². The molecule has 0 saturated heterocycles. The van der Waals surface area contributed by atoms with Crippen molar-refractivity contribution in [2.24, 2.45) is 0 Å². The molecule has 0 fully saturated rings. The number of Topliss-reactive ketones (excluding diaryl/α,β-unsaturated/α-hetero) is 2. The molecule has 0 amide bonds. The van der Waals surface area contributed by atoms with E-state index >= 15 is 0 Å². The van der Waals surface area contributed by atoms with Crippen LogP contribution < -0.4 is 0 Å². The van der Waals surface area contributed by atoms with Crippen LogP contribution in [0, 0.1) is 0 Å². The maximum absolute atomic E-state index is 10.7. The van der Waals surface area contributed by atoms with Crippen LogP contribution in [-0.2, 0) is 9.59 Å². The predicted molar refractivity (Wildman–Crippen MR) is 51.5 cm³/mol. The molecular formula is C7H12O2S2. The molecule has 11 heavy (non-hydrogen) atoms. The summed E-state index contributed by atoms with van der Waals surface area (Å²) in [7, 11) is 0. The first kappa shape index (κ1) is 11.0. The topological polar surface area (TPSA) is 34.1 Å². The van der Waals surface area contributed by atoms with Gasteiger partial charge in [-0.25, -0.2) is 0 Å². The molecule has 0 heterocycles. The zero-order valence-corrected chi connectivity index (χ0v) is 8.21. The average Bonchev–Trinajstić information content (AvgIpc) is 1.97. The zero-order valence-electron chi connectivity index (χ0n) is 6.50. The Labute approximate surface area is 76.5 Å². The molecule has 0 aliphatic heterocycles. The van der Waals surface area contributed by atoms with Crippen LogP contribution in [0.1, 0.15) is 13.3 Å². The van der Waals surface area contributed by atoms with Crippen LogP contribution >= 0.6 is 24.4 Å². The molecule has 2 nitrogen and oxygen atoms in total. The van der Waals surface area contributed by atoms with Crippen molar-refractivity contribution in [2.75, 3.05) is 17.3 Å². The number of thioether (sulfide) groups is 1. The smallest absolute Gasteiger partial charge is 0.152 e. The van der Waals surface area contributed by atoms with E-state index in [9.17, 15) is 9.59 Å². The molecule has 0 unspecified atom stereocenters. The fourth-order valence-electron chi connectivity index (χ4n) is 0.448. The molecule has 0 bridgehead atoms. The van der Waals surface area contributed by atoms with E-state index in [1.54, 1.807) is 6.92 Å². The zero-order chi connectivity index (χ0) is 8.69. The van der Waals surface area contributed by atoms with Crippen LogP contribution in [0.5, 0.6) is 0 Å². The van der Waals surface area contributed by atoms with Crippen LogP contribution in [0.2, 0.25) is 0 Å². The van der Waals surface area contributed by atoms with E-state index < -0.39 is 0 Å². The third-order valence-corrected chi connectivity index (χ3v) is 2.41. The summed E-state index contributed by atoms with van der Waals surface area (Å²) in [6.07, 6.45) is 0.560. The van der Waals surface area contributed by atoms with Crippen LogP contribution in [0.25, 0.3) is 0 Å². The first-order valence-electron chi connectivity index (χ1n) is 3.36. The lowest BCUT2D eigenvalue weighted by atomic mass is 10.4.